The van der Waals surface area contributed by atoms with Gasteiger partial charge in [0.2, 0.25) is 21.8 Å². The Labute approximate surface area is 205 Å². The van der Waals surface area contributed by atoms with Gasteiger partial charge in [-0.3, -0.25) is 13.9 Å². The van der Waals surface area contributed by atoms with E-state index in [2.05, 4.69) is 5.32 Å². The summed E-state index contributed by atoms with van der Waals surface area (Å²) in [6, 6.07) is 10.0. The Kier molecular flexibility index (Phi) is 9.46. The summed E-state index contributed by atoms with van der Waals surface area (Å²) in [5.41, 5.74) is 1.81. The van der Waals surface area contributed by atoms with Crippen LogP contribution >= 0.6 is 11.6 Å². The van der Waals surface area contributed by atoms with Gasteiger partial charge in [0.15, 0.2) is 0 Å². The van der Waals surface area contributed by atoms with Crippen LogP contribution in [0.15, 0.2) is 42.5 Å². The van der Waals surface area contributed by atoms with E-state index < -0.39 is 34.3 Å². The van der Waals surface area contributed by atoms with Gasteiger partial charge in [-0.15, -0.1) is 0 Å². The highest BCUT2D eigenvalue weighted by Crippen LogP contribution is 2.25. The number of nitrogens with one attached hydrogen (secondary N) is 1. The molecule has 2 amide bonds. The van der Waals surface area contributed by atoms with Crippen molar-refractivity contribution >= 4 is 39.1 Å². The molecule has 0 aliphatic heterocycles. The Morgan fingerprint density at radius 3 is 2.32 bits per heavy atom. The van der Waals surface area contributed by atoms with Gasteiger partial charge in [-0.05, 0) is 49.1 Å². The minimum absolute atomic E-state index is 0.0509. The number of anilines is 1. The molecule has 1 unspecified atom stereocenters. The monoisotopic (exact) mass is 511 g/mol. The van der Waals surface area contributed by atoms with E-state index in [1.165, 1.54) is 11.0 Å². The first kappa shape index (κ1) is 27.6. The SMILES string of the molecule is Cc1ccccc1CN(C(=O)CN(c1ccc(F)c(Cl)c1)S(C)(=O)=O)C(C)C(=O)NCC(C)C. The molecule has 2 aromatic carbocycles. The molecule has 186 valence electrons. The quantitative estimate of drug-likeness (QED) is 0.526. The number of aryl methyl sites for hydroxylation is 1. The standard InChI is InChI=1S/C24H31ClFN3O4S/c1-16(2)13-27-24(31)18(4)28(14-19-9-7-6-8-17(19)3)23(30)15-29(34(5,32)33)20-10-11-22(26)21(25)12-20/h6-12,16,18H,13-15H2,1-5H3,(H,27,31). The minimum atomic E-state index is -3.92. The highest BCUT2D eigenvalue weighted by atomic mass is 35.5. The van der Waals surface area contributed by atoms with Gasteiger partial charge in [0, 0.05) is 13.1 Å². The zero-order valence-electron chi connectivity index (χ0n) is 20.0. The fourth-order valence-corrected chi connectivity index (χ4v) is 4.28. The largest absolute Gasteiger partial charge is 0.354 e. The van der Waals surface area contributed by atoms with Crippen LogP contribution in [0.1, 0.15) is 31.9 Å². The van der Waals surface area contributed by atoms with Crippen molar-refractivity contribution in [1.82, 2.24) is 10.2 Å². The lowest BCUT2D eigenvalue weighted by Gasteiger charge is -2.32. The lowest BCUT2D eigenvalue weighted by atomic mass is 10.1. The average Bonchev–Trinajstić information content (AvgIpc) is 2.75. The third-order valence-electron chi connectivity index (χ3n) is 5.32. The maximum absolute atomic E-state index is 13.6. The van der Waals surface area contributed by atoms with Gasteiger partial charge >= 0.3 is 0 Å². The van der Waals surface area contributed by atoms with E-state index in [0.29, 0.717) is 6.54 Å². The number of hydrogen-bond acceptors (Lipinski definition) is 4. The number of nitrogens with zero attached hydrogens (tertiary/aromatic N) is 2. The number of hydrogen-bond donors (Lipinski definition) is 1. The first-order valence-electron chi connectivity index (χ1n) is 10.9. The van der Waals surface area contributed by atoms with E-state index in [4.69, 9.17) is 11.6 Å². The van der Waals surface area contributed by atoms with Gasteiger partial charge in [0.05, 0.1) is 17.0 Å². The third kappa shape index (κ3) is 7.43. The predicted octanol–water partition coefficient (Wildman–Crippen LogP) is 3.74. The highest BCUT2D eigenvalue weighted by Gasteiger charge is 2.30. The second-order valence-electron chi connectivity index (χ2n) is 8.63. The van der Waals surface area contributed by atoms with Gasteiger partial charge < -0.3 is 10.2 Å². The van der Waals surface area contributed by atoms with Crippen molar-refractivity contribution in [3.8, 4) is 0 Å². The molecule has 0 spiro atoms. The Bertz CT molecular complexity index is 1140. The number of halogens is 2. The summed E-state index contributed by atoms with van der Waals surface area (Å²) in [5.74, 6) is -1.41. The lowest BCUT2D eigenvalue weighted by molar-refractivity contribution is -0.139. The molecule has 0 aliphatic rings. The molecule has 0 fully saturated rings. The van der Waals surface area contributed by atoms with Crippen LogP contribution in [-0.2, 0) is 26.2 Å². The van der Waals surface area contributed by atoms with Crippen molar-refractivity contribution < 1.29 is 22.4 Å². The fourth-order valence-electron chi connectivity index (χ4n) is 3.26. The summed E-state index contributed by atoms with van der Waals surface area (Å²) in [6.45, 7) is 7.39. The van der Waals surface area contributed by atoms with Crippen molar-refractivity contribution in [2.45, 2.75) is 40.3 Å². The summed E-state index contributed by atoms with van der Waals surface area (Å²) in [6.07, 6.45) is 0.946. The van der Waals surface area contributed by atoms with E-state index >= 15 is 0 Å². The highest BCUT2D eigenvalue weighted by molar-refractivity contribution is 7.92. The zero-order valence-corrected chi connectivity index (χ0v) is 21.6. The normalized spacial score (nSPS) is 12.4. The Morgan fingerprint density at radius 2 is 1.76 bits per heavy atom. The van der Waals surface area contributed by atoms with Crippen LogP contribution in [0, 0.1) is 18.7 Å². The molecule has 0 heterocycles. The van der Waals surface area contributed by atoms with Gasteiger partial charge in [-0.25, -0.2) is 12.8 Å². The average molecular weight is 512 g/mol. The second kappa shape index (κ2) is 11.7. The van der Waals surface area contributed by atoms with Gasteiger partial charge in [0.25, 0.3) is 0 Å². The first-order valence-corrected chi connectivity index (χ1v) is 13.1. The van der Waals surface area contributed by atoms with Crippen LogP contribution in [0.2, 0.25) is 5.02 Å². The molecular formula is C24H31ClFN3O4S. The number of sulfonamides is 1. The van der Waals surface area contributed by atoms with E-state index in [0.717, 1.165) is 33.8 Å². The summed E-state index contributed by atoms with van der Waals surface area (Å²) < 4.78 is 39.5. The first-order chi connectivity index (χ1) is 15.8. The molecule has 2 aromatic rings. The molecule has 7 nitrogen and oxygen atoms in total. The van der Waals surface area contributed by atoms with E-state index in [1.54, 1.807) is 6.92 Å². The summed E-state index contributed by atoms with van der Waals surface area (Å²) in [7, 11) is -3.92. The Hall–Kier alpha value is -2.65. The summed E-state index contributed by atoms with van der Waals surface area (Å²) in [5, 5.41) is 2.56. The number of amides is 2. The van der Waals surface area contributed by atoms with Crippen LogP contribution < -0.4 is 9.62 Å². The maximum Gasteiger partial charge on any atom is 0.244 e. The molecule has 0 radical (unpaired) electrons. The van der Waals surface area contributed by atoms with Crippen molar-refractivity contribution in [2.24, 2.45) is 5.92 Å². The van der Waals surface area contributed by atoms with Crippen molar-refractivity contribution in [3.05, 3.63) is 64.4 Å². The van der Waals surface area contributed by atoms with Crippen LogP contribution in [0.4, 0.5) is 10.1 Å². The predicted molar refractivity (Wildman–Crippen MR) is 133 cm³/mol. The molecule has 0 aliphatic carbocycles. The van der Waals surface area contributed by atoms with Gasteiger partial charge in [-0.2, -0.15) is 0 Å². The Balaban J connectivity index is 2.40. The zero-order chi connectivity index (χ0) is 25.6. The van der Waals surface area contributed by atoms with E-state index in [9.17, 15) is 22.4 Å². The molecule has 2 rings (SSSR count). The molecule has 0 aromatic heterocycles. The molecule has 10 heteroatoms. The molecule has 1 N–H and O–H groups in total. The molecule has 0 bridgehead atoms. The summed E-state index contributed by atoms with van der Waals surface area (Å²) >= 11 is 5.84. The van der Waals surface area contributed by atoms with Crippen molar-refractivity contribution in [3.63, 3.8) is 0 Å². The number of benzene rings is 2. The van der Waals surface area contributed by atoms with Crippen molar-refractivity contribution in [2.75, 3.05) is 23.7 Å². The number of rotatable bonds is 10. The molecule has 0 saturated heterocycles. The van der Waals surface area contributed by atoms with Crippen LogP contribution in [-0.4, -0.2) is 50.5 Å². The van der Waals surface area contributed by atoms with E-state index in [1.807, 2.05) is 45.0 Å². The Morgan fingerprint density at radius 1 is 1.12 bits per heavy atom. The third-order valence-corrected chi connectivity index (χ3v) is 6.75. The molecule has 1 atom stereocenters. The fraction of sp³-hybridized carbons (Fsp3) is 0.417. The van der Waals surface area contributed by atoms with Crippen LogP contribution in [0.5, 0.6) is 0 Å². The summed E-state index contributed by atoms with van der Waals surface area (Å²) in [4.78, 5) is 27.6. The lowest BCUT2D eigenvalue weighted by Crippen LogP contribution is -2.51. The van der Waals surface area contributed by atoms with Gasteiger partial charge in [-0.1, -0.05) is 49.7 Å². The van der Waals surface area contributed by atoms with Gasteiger partial charge in [0.1, 0.15) is 18.4 Å². The van der Waals surface area contributed by atoms with Crippen molar-refractivity contribution in [1.29, 1.82) is 0 Å². The maximum atomic E-state index is 13.6. The molecular weight excluding hydrogens is 481 g/mol. The smallest absolute Gasteiger partial charge is 0.244 e. The minimum Gasteiger partial charge on any atom is -0.354 e. The molecule has 0 saturated carbocycles. The number of carbonyl (C=O) groups is 2. The second-order valence-corrected chi connectivity index (χ2v) is 10.9. The van der Waals surface area contributed by atoms with Crippen LogP contribution in [0.25, 0.3) is 0 Å². The van der Waals surface area contributed by atoms with Crippen LogP contribution in [0.3, 0.4) is 0 Å². The number of carbonyl (C=O) groups excluding carboxylic acids is 2. The topological polar surface area (TPSA) is 86.8 Å². The van der Waals surface area contributed by atoms with E-state index in [-0.39, 0.29) is 29.1 Å². The molecule has 34 heavy (non-hydrogen) atoms.